The summed E-state index contributed by atoms with van der Waals surface area (Å²) in [4.78, 5) is 0. The Bertz CT molecular complexity index is 188. The molecule has 0 aromatic carbocycles. The molecular weight excluding hydrogens is 194 g/mol. The molecule has 0 fully saturated rings. The van der Waals surface area contributed by atoms with E-state index in [9.17, 15) is 4.21 Å². The Hall–Kier alpha value is 0.110. The predicted molar refractivity (Wildman–Crippen MR) is 65.1 cm³/mol. The molecular formula is C11H25NOS. The lowest BCUT2D eigenvalue weighted by molar-refractivity contribution is 0.427. The molecule has 1 unspecified atom stereocenters. The van der Waals surface area contributed by atoms with Crippen LogP contribution in [-0.2, 0) is 10.8 Å². The van der Waals surface area contributed by atoms with Crippen molar-refractivity contribution in [3.63, 3.8) is 0 Å². The van der Waals surface area contributed by atoms with Crippen LogP contribution in [0, 0.1) is 0 Å². The lowest BCUT2D eigenvalue weighted by Gasteiger charge is -2.21. The lowest BCUT2D eigenvalue weighted by Crippen LogP contribution is -2.37. The van der Waals surface area contributed by atoms with E-state index in [2.05, 4.69) is 26.1 Å². The third-order valence-electron chi connectivity index (χ3n) is 1.84. The first-order valence-corrected chi connectivity index (χ1v) is 6.58. The Morgan fingerprint density at radius 3 is 1.93 bits per heavy atom. The van der Waals surface area contributed by atoms with Gasteiger partial charge in [-0.25, -0.2) is 0 Å². The number of hydrogen-bond acceptors (Lipinski definition) is 2. The topological polar surface area (TPSA) is 29.1 Å². The fourth-order valence-electron chi connectivity index (χ4n) is 0.973. The highest BCUT2D eigenvalue weighted by Crippen LogP contribution is 2.11. The van der Waals surface area contributed by atoms with Gasteiger partial charge in [0.2, 0.25) is 0 Å². The van der Waals surface area contributed by atoms with Gasteiger partial charge < -0.3 is 5.32 Å². The molecule has 0 aliphatic heterocycles. The first kappa shape index (κ1) is 14.1. The molecule has 0 saturated heterocycles. The van der Waals surface area contributed by atoms with Gasteiger partial charge in [0.15, 0.2) is 0 Å². The Labute approximate surface area is 91.3 Å². The second-order valence-electron chi connectivity index (χ2n) is 5.69. The van der Waals surface area contributed by atoms with Crippen LogP contribution in [0.3, 0.4) is 0 Å². The average molecular weight is 219 g/mol. The molecule has 1 atom stereocenters. The molecule has 1 N–H and O–H groups in total. The zero-order chi connectivity index (χ0) is 11.4. The summed E-state index contributed by atoms with van der Waals surface area (Å²) in [6, 6.07) is 0. The van der Waals surface area contributed by atoms with E-state index in [1.54, 1.807) is 0 Å². The molecule has 0 spiro atoms. The zero-order valence-electron chi connectivity index (χ0n) is 10.4. The molecule has 86 valence electrons. The maximum absolute atomic E-state index is 11.7. The monoisotopic (exact) mass is 219 g/mol. The summed E-state index contributed by atoms with van der Waals surface area (Å²) in [5.41, 5.74) is 0.170. The molecule has 2 nitrogen and oxygen atoms in total. The summed E-state index contributed by atoms with van der Waals surface area (Å²) in [5, 5.41) is 3.39. The zero-order valence-corrected chi connectivity index (χ0v) is 11.3. The van der Waals surface area contributed by atoms with Gasteiger partial charge in [-0.1, -0.05) is 0 Å². The molecule has 0 aromatic rings. The van der Waals surface area contributed by atoms with Crippen LogP contribution >= 0.6 is 0 Å². The molecule has 0 aliphatic carbocycles. The Balaban J connectivity index is 3.62. The van der Waals surface area contributed by atoms with Crippen LogP contribution in [-0.4, -0.2) is 26.8 Å². The van der Waals surface area contributed by atoms with Crippen LogP contribution in [0.2, 0.25) is 0 Å². The minimum Gasteiger partial charge on any atom is -0.312 e. The molecule has 0 rings (SSSR count). The number of nitrogens with one attached hydrogen (secondary N) is 1. The minimum atomic E-state index is -0.706. The molecule has 14 heavy (non-hydrogen) atoms. The first-order chi connectivity index (χ1) is 6.13. The highest BCUT2D eigenvalue weighted by molar-refractivity contribution is 7.86. The van der Waals surface area contributed by atoms with E-state index in [4.69, 9.17) is 0 Å². The summed E-state index contributed by atoms with van der Waals surface area (Å²) in [6.07, 6.45) is 0.987. The van der Waals surface area contributed by atoms with Gasteiger partial charge >= 0.3 is 0 Å². The summed E-state index contributed by atoms with van der Waals surface area (Å²) in [7, 11) is -0.706. The van der Waals surface area contributed by atoms with E-state index in [1.165, 1.54) is 0 Å². The maximum Gasteiger partial charge on any atom is 0.0375 e. The average Bonchev–Trinajstić information content (AvgIpc) is 1.93. The normalized spacial score (nSPS) is 15.6. The van der Waals surface area contributed by atoms with Gasteiger partial charge in [0, 0.05) is 26.8 Å². The fourth-order valence-corrected chi connectivity index (χ4v) is 1.99. The third-order valence-corrected chi connectivity index (χ3v) is 3.87. The van der Waals surface area contributed by atoms with Crippen LogP contribution < -0.4 is 5.32 Å². The van der Waals surface area contributed by atoms with Crippen molar-refractivity contribution in [1.82, 2.24) is 5.32 Å². The first-order valence-electron chi connectivity index (χ1n) is 5.26. The van der Waals surface area contributed by atoms with E-state index in [1.807, 2.05) is 20.8 Å². The van der Waals surface area contributed by atoms with Gasteiger partial charge in [0.05, 0.1) is 0 Å². The van der Waals surface area contributed by atoms with Crippen molar-refractivity contribution in [2.45, 2.75) is 58.2 Å². The summed E-state index contributed by atoms with van der Waals surface area (Å²) in [6.45, 7) is 13.5. The molecule has 0 bridgehead atoms. The number of hydrogen-bond donors (Lipinski definition) is 1. The van der Waals surface area contributed by atoms with Crippen molar-refractivity contribution in [2.24, 2.45) is 0 Å². The summed E-state index contributed by atoms with van der Waals surface area (Å²) >= 11 is 0. The Morgan fingerprint density at radius 2 is 1.57 bits per heavy atom. The van der Waals surface area contributed by atoms with Crippen LogP contribution in [0.5, 0.6) is 0 Å². The van der Waals surface area contributed by atoms with E-state index in [-0.39, 0.29) is 10.3 Å². The molecule has 0 heterocycles. The second-order valence-corrected chi connectivity index (χ2v) is 8.02. The third kappa shape index (κ3) is 7.51. The molecule has 0 aromatic heterocycles. The number of rotatable bonds is 4. The van der Waals surface area contributed by atoms with E-state index in [0.29, 0.717) is 0 Å². The van der Waals surface area contributed by atoms with Gasteiger partial charge in [-0.2, -0.15) is 0 Å². The summed E-state index contributed by atoms with van der Waals surface area (Å²) < 4.78 is 11.6. The van der Waals surface area contributed by atoms with Crippen molar-refractivity contribution in [3.8, 4) is 0 Å². The highest BCUT2D eigenvalue weighted by atomic mass is 32.2. The van der Waals surface area contributed by atoms with Gasteiger partial charge in [-0.3, -0.25) is 4.21 Å². The minimum absolute atomic E-state index is 0.0677. The van der Waals surface area contributed by atoms with Gasteiger partial charge in [0.1, 0.15) is 0 Å². The van der Waals surface area contributed by atoms with Crippen molar-refractivity contribution >= 4 is 10.8 Å². The second kappa shape index (κ2) is 5.26. The fraction of sp³-hybridized carbons (Fsp3) is 1.00. The van der Waals surface area contributed by atoms with Crippen LogP contribution in [0.25, 0.3) is 0 Å². The molecule has 0 aliphatic rings. The smallest absolute Gasteiger partial charge is 0.0375 e. The van der Waals surface area contributed by atoms with Crippen LogP contribution in [0.4, 0.5) is 0 Å². The van der Waals surface area contributed by atoms with Crippen molar-refractivity contribution in [2.75, 3.05) is 12.3 Å². The summed E-state index contributed by atoms with van der Waals surface area (Å²) in [5.74, 6) is 0.798. The van der Waals surface area contributed by atoms with Gasteiger partial charge in [-0.15, -0.1) is 0 Å². The van der Waals surface area contributed by atoms with Gasteiger partial charge in [0.25, 0.3) is 0 Å². The van der Waals surface area contributed by atoms with Crippen molar-refractivity contribution in [3.05, 3.63) is 0 Å². The van der Waals surface area contributed by atoms with Crippen LogP contribution in [0.1, 0.15) is 48.0 Å². The quantitative estimate of drug-likeness (QED) is 0.735. The van der Waals surface area contributed by atoms with E-state index < -0.39 is 10.8 Å². The van der Waals surface area contributed by atoms with Crippen molar-refractivity contribution in [1.29, 1.82) is 0 Å². The van der Waals surface area contributed by atoms with E-state index >= 15 is 0 Å². The maximum atomic E-state index is 11.7. The van der Waals surface area contributed by atoms with Crippen LogP contribution in [0.15, 0.2) is 0 Å². The standard InChI is InChI=1S/C11H25NOS/c1-10(2,3)12-8-7-9-14(13)11(4,5)6/h12H,7-9H2,1-6H3. The van der Waals surface area contributed by atoms with E-state index in [0.717, 1.165) is 18.7 Å². The Kier molecular flexibility index (Phi) is 5.31. The Morgan fingerprint density at radius 1 is 1.07 bits per heavy atom. The molecule has 0 radical (unpaired) electrons. The van der Waals surface area contributed by atoms with Crippen molar-refractivity contribution < 1.29 is 4.21 Å². The predicted octanol–water partition coefficient (Wildman–Crippen LogP) is 2.31. The molecule has 3 heteroatoms. The molecule has 0 saturated carbocycles. The largest absolute Gasteiger partial charge is 0.312 e. The highest BCUT2D eigenvalue weighted by Gasteiger charge is 2.18. The molecule has 0 amide bonds. The van der Waals surface area contributed by atoms with Gasteiger partial charge in [-0.05, 0) is 54.5 Å². The lowest BCUT2D eigenvalue weighted by atomic mass is 10.1. The SMILES string of the molecule is CC(C)(C)NCCCS(=O)C(C)(C)C.